The van der Waals surface area contributed by atoms with Crippen LogP contribution in [0.25, 0.3) is 6.08 Å². The van der Waals surface area contributed by atoms with Crippen LogP contribution < -0.4 is 0 Å². The molecule has 126 valence electrons. The number of phenols is 1. The van der Waals surface area contributed by atoms with Crippen molar-refractivity contribution in [2.24, 2.45) is 5.10 Å². The van der Waals surface area contributed by atoms with Crippen molar-refractivity contribution < 1.29 is 19.2 Å². The molecule has 1 saturated heterocycles. The molecule has 0 radical (unpaired) electrons. The topological polar surface area (TPSA) is 109 Å². The number of hydrogen-bond acceptors (Lipinski definition) is 8. The number of amides is 1. The summed E-state index contributed by atoms with van der Waals surface area (Å²) < 4.78 is 5.13. The molecule has 1 N–H and O–H groups in total. The molecule has 1 aromatic carbocycles. The normalized spacial score (nSPS) is 16.3. The van der Waals surface area contributed by atoms with Gasteiger partial charge in [0.05, 0.1) is 17.2 Å². The highest BCUT2D eigenvalue weighted by molar-refractivity contribution is 8.26. The third-order valence-electron chi connectivity index (χ3n) is 3.09. The summed E-state index contributed by atoms with van der Waals surface area (Å²) in [5.74, 6) is -0.730. The lowest BCUT2D eigenvalue weighted by Crippen LogP contribution is -2.22. The van der Waals surface area contributed by atoms with E-state index in [2.05, 4.69) is 5.10 Å². The molecule has 25 heavy (non-hydrogen) atoms. The van der Waals surface area contributed by atoms with Crippen LogP contribution >= 0.6 is 24.0 Å². The molecule has 0 atom stereocenters. The number of hydrogen-bond donors (Lipinski definition) is 1. The number of nitrogens with zero attached hydrogens (tertiary/aromatic N) is 3. The summed E-state index contributed by atoms with van der Waals surface area (Å²) in [6, 6.07) is 9.11. The van der Waals surface area contributed by atoms with Gasteiger partial charge >= 0.3 is 5.88 Å². The summed E-state index contributed by atoms with van der Waals surface area (Å²) in [7, 11) is 0. The average molecular weight is 375 g/mol. The fourth-order valence-electron chi connectivity index (χ4n) is 1.93. The largest absolute Gasteiger partial charge is 0.507 e. The first-order chi connectivity index (χ1) is 12.0. The molecule has 10 heteroatoms. The molecule has 0 saturated carbocycles. The lowest BCUT2D eigenvalue weighted by molar-refractivity contribution is -0.402. The number of furan rings is 1. The van der Waals surface area contributed by atoms with Crippen molar-refractivity contribution in [1.82, 2.24) is 5.01 Å². The van der Waals surface area contributed by atoms with Crippen LogP contribution in [-0.2, 0) is 4.79 Å². The second-order valence-corrected chi connectivity index (χ2v) is 6.41. The standard InChI is InChI=1S/C15H9N3O5S2/c19-11-4-2-1-3-9(11)7-12-14(20)17(15(24)25-12)16-8-10-5-6-13(23-10)18(21)22/h1-8,19H/b12-7+,16-8+. The summed E-state index contributed by atoms with van der Waals surface area (Å²) >= 11 is 6.15. The SMILES string of the molecule is O=C1/C(=C\c2ccccc2O)SC(=S)N1/N=C/c1ccc([N+](=O)[O-])o1. The number of para-hydroxylation sites is 1. The predicted molar refractivity (Wildman–Crippen MR) is 96.1 cm³/mol. The summed E-state index contributed by atoms with van der Waals surface area (Å²) in [4.78, 5) is 22.6. The minimum Gasteiger partial charge on any atom is -0.507 e. The molecular weight excluding hydrogens is 366 g/mol. The third-order valence-corrected chi connectivity index (χ3v) is 4.37. The molecule has 0 spiro atoms. The maximum Gasteiger partial charge on any atom is 0.433 e. The number of carbonyl (C=O) groups excluding carboxylic acids is 1. The smallest absolute Gasteiger partial charge is 0.433 e. The van der Waals surface area contributed by atoms with E-state index in [9.17, 15) is 20.0 Å². The quantitative estimate of drug-likeness (QED) is 0.287. The highest BCUT2D eigenvalue weighted by Gasteiger charge is 2.32. The van der Waals surface area contributed by atoms with E-state index in [1.807, 2.05) is 0 Å². The maximum absolute atomic E-state index is 12.4. The number of thioether (sulfide) groups is 1. The van der Waals surface area contributed by atoms with Crippen LogP contribution in [0.4, 0.5) is 5.88 Å². The minimum absolute atomic E-state index is 0.0409. The zero-order valence-corrected chi connectivity index (χ0v) is 14.0. The van der Waals surface area contributed by atoms with E-state index in [1.54, 1.807) is 18.2 Å². The number of phenolic OH excluding ortho intramolecular Hbond substituents is 1. The Labute approximate surface area is 150 Å². The van der Waals surface area contributed by atoms with Gasteiger partial charge in [-0.05, 0) is 30.4 Å². The van der Waals surface area contributed by atoms with Crippen LogP contribution in [0.3, 0.4) is 0 Å². The Hall–Kier alpha value is -2.98. The Morgan fingerprint density at radius 3 is 2.76 bits per heavy atom. The lowest BCUT2D eigenvalue weighted by atomic mass is 10.2. The molecule has 1 amide bonds. The zero-order valence-electron chi connectivity index (χ0n) is 12.4. The van der Waals surface area contributed by atoms with Crippen molar-refractivity contribution >= 4 is 52.4 Å². The number of hydrazone groups is 1. The van der Waals surface area contributed by atoms with Gasteiger partial charge in [0.25, 0.3) is 5.91 Å². The van der Waals surface area contributed by atoms with Gasteiger partial charge in [0.1, 0.15) is 10.7 Å². The molecule has 2 heterocycles. The molecule has 2 aromatic rings. The molecule has 0 aliphatic carbocycles. The summed E-state index contributed by atoms with van der Waals surface area (Å²) in [6.45, 7) is 0. The fraction of sp³-hybridized carbons (Fsp3) is 0. The van der Waals surface area contributed by atoms with E-state index in [0.29, 0.717) is 10.5 Å². The first-order valence-corrected chi connectivity index (χ1v) is 8.02. The molecule has 3 rings (SSSR count). The van der Waals surface area contributed by atoms with Gasteiger partial charge in [-0.2, -0.15) is 10.1 Å². The van der Waals surface area contributed by atoms with Crippen LogP contribution in [0.15, 0.2) is 50.8 Å². The minimum atomic E-state index is -0.675. The number of rotatable bonds is 4. The number of thiocarbonyl (C=S) groups is 1. The lowest BCUT2D eigenvalue weighted by Gasteiger charge is -2.05. The van der Waals surface area contributed by atoms with Crippen LogP contribution in [0, 0.1) is 10.1 Å². The first-order valence-electron chi connectivity index (χ1n) is 6.80. The van der Waals surface area contributed by atoms with Gasteiger partial charge in [-0.25, -0.2) is 0 Å². The van der Waals surface area contributed by atoms with Gasteiger partial charge in [-0.1, -0.05) is 30.0 Å². The summed E-state index contributed by atoms with van der Waals surface area (Å²) in [6.07, 6.45) is 2.68. The molecular formula is C15H9N3O5S2. The second kappa shape index (κ2) is 6.87. The Kier molecular flexibility index (Phi) is 4.63. The highest BCUT2D eigenvalue weighted by atomic mass is 32.2. The van der Waals surface area contributed by atoms with Crippen molar-refractivity contribution in [2.45, 2.75) is 0 Å². The average Bonchev–Trinajstić information content (AvgIpc) is 3.14. The van der Waals surface area contributed by atoms with Crippen molar-refractivity contribution in [3.63, 3.8) is 0 Å². The van der Waals surface area contributed by atoms with Gasteiger partial charge in [0, 0.05) is 5.56 Å². The molecule has 0 bridgehead atoms. The van der Waals surface area contributed by atoms with Gasteiger partial charge < -0.3 is 9.52 Å². The number of nitro groups is 1. The van der Waals surface area contributed by atoms with Crippen LogP contribution in [0.2, 0.25) is 0 Å². The molecule has 1 fully saturated rings. The Balaban J connectivity index is 1.80. The zero-order chi connectivity index (χ0) is 18.0. The highest BCUT2D eigenvalue weighted by Crippen LogP contribution is 2.34. The van der Waals surface area contributed by atoms with E-state index in [0.717, 1.165) is 16.8 Å². The van der Waals surface area contributed by atoms with Crippen molar-refractivity contribution in [3.8, 4) is 5.75 Å². The van der Waals surface area contributed by atoms with Crippen molar-refractivity contribution in [3.05, 3.63) is 62.7 Å². The number of carbonyl (C=O) groups is 1. The van der Waals surface area contributed by atoms with E-state index in [4.69, 9.17) is 16.6 Å². The number of aromatic hydroxyl groups is 1. The van der Waals surface area contributed by atoms with Gasteiger partial charge in [0.15, 0.2) is 10.1 Å². The van der Waals surface area contributed by atoms with Gasteiger partial charge in [-0.3, -0.25) is 14.9 Å². The van der Waals surface area contributed by atoms with E-state index >= 15 is 0 Å². The van der Waals surface area contributed by atoms with E-state index in [1.165, 1.54) is 30.5 Å². The maximum atomic E-state index is 12.4. The summed E-state index contributed by atoms with van der Waals surface area (Å²) in [5.41, 5.74) is 0.480. The Bertz CT molecular complexity index is 935. The number of benzene rings is 1. The Morgan fingerprint density at radius 1 is 1.32 bits per heavy atom. The second-order valence-electron chi connectivity index (χ2n) is 4.73. The van der Waals surface area contributed by atoms with Crippen LogP contribution in [0.1, 0.15) is 11.3 Å². The summed E-state index contributed by atoms with van der Waals surface area (Å²) in [5, 5.41) is 25.3. The Morgan fingerprint density at radius 2 is 2.08 bits per heavy atom. The van der Waals surface area contributed by atoms with Gasteiger partial charge in [0.2, 0.25) is 0 Å². The van der Waals surface area contributed by atoms with E-state index < -0.39 is 16.7 Å². The fourth-order valence-corrected chi connectivity index (χ4v) is 3.10. The molecule has 1 aliphatic heterocycles. The molecule has 1 aromatic heterocycles. The third kappa shape index (κ3) is 3.59. The van der Waals surface area contributed by atoms with Crippen molar-refractivity contribution in [2.75, 3.05) is 0 Å². The van der Waals surface area contributed by atoms with E-state index in [-0.39, 0.29) is 15.8 Å². The molecule has 1 aliphatic rings. The van der Waals surface area contributed by atoms with Crippen LogP contribution in [0.5, 0.6) is 5.75 Å². The predicted octanol–water partition coefficient (Wildman–Crippen LogP) is 3.13. The first kappa shape index (κ1) is 16.9. The monoisotopic (exact) mass is 375 g/mol. The van der Waals surface area contributed by atoms with Crippen LogP contribution in [-0.4, -0.2) is 31.5 Å². The van der Waals surface area contributed by atoms with Crippen molar-refractivity contribution in [1.29, 1.82) is 0 Å². The van der Waals surface area contributed by atoms with Gasteiger partial charge in [-0.15, -0.1) is 0 Å². The molecule has 0 unspecified atom stereocenters. The molecule has 8 nitrogen and oxygen atoms in total.